The largest absolute Gasteiger partial charge is 0.324 e. The average molecular weight is 426 g/mol. The zero-order chi connectivity index (χ0) is 20.8. The van der Waals surface area contributed by atoms with Gasteiger partial charge in [0.1, 0.15) is 6.04 Å². The number of anilines is 2. The molecule has 1 N–H and O–H groups in total. The minimum Gasteiger partial charge on any atom is -0.324 e. The summed E-state index contributed by atoms with van der Waals surface area (Å²) in [5.41, 5.74) is 2.26. The lowest BCUT2D eigenvalue weighted by Crippen LogP contribution is -2.43. The van der Waals surface area contributed by atoms with E-state index in [1.165, 1.54) is 6.20 Å². The molecule has 30 heavy (non-hydrogen) atoms. The number of aromatic nitrogens is 5. The van der Waals surface area contributed by atoms with Crippen LogP contribution in [0.3, 0.4) is 0 Å². The maximum Gasteiger partial charge on any atom is 0.247 e. The molecule has 2 aliphatic rings. The van der Waals surface area contributed by atoms with Crippen LogP contribution in [0.5, 0.6) is 0 Å². The van der Waals surface area contributed by atoms with Crippen LogP contribution in [-0.4, -0.2) is 43.1 Å². The van der Waals surface area contributed by atoms with Gasteiger partial charge in [-0.1, -0.05) is 17.7 Å². The number of amides is 1. The number of hydrogen-bond acceptors (Lipinski definition) is 7. The molecule has 1 aromatic carbocycles. The van der Waals surface area contributed by atoms with Crippen LogP contribution < -0.4 is 10.2 Å². The number of nitrogens with one attached hydrogen (secondary N) is 1. The van der Waals surface area contributed by atoms with Gasteiger partial charge in [0.15, 0.2) is 16.8 Å². The highest BCUT2D eigenvalue weighted by atomic mass is 35.5. The molecule has 0 unspecified atom stereocenters. The molecule has 0 spiro atoms. The van der Waals surface area contributed by atoms with E-state index < -0.39 is 5.82 Å². The molecule has 10 heteroatoms. The van der Waals surface area contributed by atoms with Crippen molar-refractivity contribution >= 4 is 29.1 Å². The molecule has 2 aromatic heterocycles. The summed E-state index contributed by atoms with van der Waals surface area (Å²) >= 11 is 5.79. The second kappa shape index (κ2) is 7.24. The molecule has 0 bridgehead atoms. The molecule has 5 rings (SSSR count). The van der Waals surface area contributed by atoms with Crippen LogP contribution in [-0.2, 0) is 4.79 Å². The van der Waals surface area contributed by atoms with Crippen LogP contribution >= 0.6 is 11.6 Å². The van der Waals surface area contributed by atoms with Gasteiger partial charge >= 0.3 is 0 Å². The van der Waals surface area contributed by atoms with Gasteiger partial charge in [-0.2, -0.15) is 0 Å². The van der Waals surface area contributed by atoms with E-state index in [1.54, 1.807) is 6.07 Å². The number of nitrogens with zero attached hydrogens (tertiary/aromatic N) is 6. The molecule has 8 nitrogen and oxygen atoms in total. The van der Waals surface area contributed by atoms with E-state index in [-0.39, 0.29) is 23.1 Å². The summed E-state index contributed by atoms with van der Waals surface area (Å²) in [6.07, 6.45) is 5.43. The van der Waals surface area contributed by atoms with Crippen molar-refractivity contribution < 1.29 is 9.18 Å². The minimum atomic E-state index is -0.500. The molecule has 1 aliphatic carbocycles. The van der Waals surface area contributed by atoms with E-state index in [1.807, 2.05) is 24.0 Å². The summed E-state index contributed by atoms with van der Waals surface area (Å²) in [5.74, 6) is 0.625. The standard InChI is InChI=1S/C20H17ClFN7O/c1-10-2-3-13(6-14(10)18-23-7-12(22)8-24-18)26-19(30)16-5-11-4-15(11)29(16)20-25-9-17(21)27-28-20/h2-3,6-9,11,15-16H,4-5H2,1H3,(H,26,30)/t11-,15-,16-/m0/s1. The third-order valence-corrected chi connectivity index (χ3v) is 5.70. The SMILES string of the molecule is Cc1ccc(NC(=O)[C@@H]2C[C@@H]3C[C@@H]3N2c2ncc(Cl)nn2)cc1-c1ncc(F)cn1. The van der Waals surface area contributed by atoms with Crippen LogP contribution in [0, 0.1) is 18.7 Å². The minimum absolute atomic E-state index is 0.143. The summed E-state index contributed by atoms with van der Waals surface area (Å²) in [5, 5.41) is 11.1. The number of piperidine rings is 1. The first-order valence-electron chi connectivity index (χ1n) is 9.52. The van der Waals surface area contributed by atoms with Crippen molar-refractivity contribution in [3.05, 3.63) is 53.3 Å². The van der Waals surface area contributed by atoms with Crippen molar-refractivity contribution in [3.8, 4) is 11.4 Å². The van der Waals surface area contributed by atoms with Gasteiger partial charge in [0.2, 0.25) is 11.9 Å². The predicted molar refractivity (Wildman–Crippen MR) is 108 cm³/mol. The number of halogens is 2. The Balaban J connectivity index is 1.38. The van der Waals surface area contributed by atoms with E-state index in [0.717, 1.165) is 36.4 Å². The Hall–Kier alpha value is -3.20. The fourth-order valence-corrected chi connectivity index (χ4v) is 4.06. The number of carbonyl (C=O) groups is 1. The quantitative estimate of drug-likeness (QED) is 0.686. The lowest BCUT2D eigenvalue weighted by Gasteiger charge is -2.26. The highest BCUT2D eigenvalue weighted by Crippen LogP contribution is 2.49. The summed E-state index contributed by atoms with van der Waals surface area (Å²) in [6, 6.07) is 5.35. The molecule has 3 atom stereocenters. The van der Waals surface area contributed by atoms with Crippen LogP contribution in [0.25, 0.3) is 11.4 Å². The van der Waals surface area contributed by atoms with Gasteiger partial charge in [-0.05, 0) is 43.4 Å². The number of carbonyl (C=O) groups excluding carboxylic acids is 1. The monoisotopic (exact) mass is 425 g/mol. The predicted octanol–water partition coefficient (Wildman–Crippen LogP) is 3.04. The van der Waals surface area contributed by atoms with Gasteiger partial charge in [0, 0.05) is 17.3 Å². The van der Waals surface area contributed by atoms with Gasteiger partial charge < -0.3 is 10.2 Å². The normalized spacial score (nSPS) is 22.0. The fourth-order valence-electron chi connectivity index (χ4n) is 3.97. The number of aryl methyl sites for hydroxylation is 1. The molecular weight excluding hydrogens is 409 g/mol. The van der Waals surface area contributed by atoms with Gasteiger partial charge in [0.05, 0.1) is 18.6 Å². The lowest BCUT2D eigenvalue weighted by molar-refractivity contribution is -0.117. The zero-order valence-corrected chi connectivity index (χ0v) is 16.7. The van der Waals surface area contributed by atoms with Crippen LogP contribution in [0.15, 0.2) is 36.8 Å². The van der Waals surface area contributed by atoms with Crippen LogP contribution in [0.2, 0.25) is 5.15 Å². The van der Waals surface area contributed by atoms with E-state index in [0.29, 0.717) is 23.4 Å². The fraction of sp³-hybridized carbons (Fsp3) is 0.300. The number of fused-ring (bicyclic) bond motifs is 1. The Kier molecular flexibility index (Phi) is 4.54. The Morgan fingerprint density at radius 3 is 2.70 bits per heavy atom. The van der Waals surface area contributed by atoms with E-state index in [4.69, 9.17) is 11.6 Å². The molecule has 3 aromatic rings. The second-order valence-electron chi connectivity index (χ2n) is 7.55. The van der Waals surface area contributed by atoms with E-state index in [2.05, 4.69) is 30.5 Å². The Morgan fingerprint density at radius 1 is 1.17 bits per heavy atom. The van der Waals surface area contributed by atoms with E-state index in [9.17, 15) is 9.18 Å². The van der Waals surface area contributed by atoms with Gasteiger partial charge in [0.25, 0.3) is 0 Å². The Labute approximate surface area is 176 Å². The molecule has 152 valence electrons. The molecule has 0 radical (unpaired) electrons. The molecule has 2 fully saturated rings. The van der Waals surface area contributed by atoms with Crippen molar-refractivity contribution in [1.29, 1.82) is 0 Å². The third-order valence-electron chi connectivity index (χ3n) is 5.53. The van der Waals surface area contributed by atoms with Crippen molar-refractivity contribution in [2.45, 2.75) is 31.8 Å². The molecule has 1 saturated heterocycles. The number of rotatable bonds is 4. The van der Waals surface area contributed by atoms with Gasteiger partial charge in [-0.15, -0.1) is 10.2 Å². The van der Waals surface area contributed by atoms with Crippen molar-refractivity contribution in [1.82, 2.24) is 25.1 Å². The van der Waals surface area contributed by atoms with Crippen molar-refractivity contribution in [2.24, 2.45) is 5.92 Å². The Bertz CT molecular complexity index is 1110. The highest BCUT2D eigenvalue weighted by molar-refractivity contribution is 6.29. The molecule has 1 saturated carbocycles. The van der Waals surface area contributed by atoms with Crippen molar-refractivity contribution in [3.63, 3.8) is 0 Å². The summed E-state index contributed by atoms with van der Waals surface area (Å²) in [7, 11) is 0. The second-order valence-corrected chi connectivity index (χ2v) is 7.93. The summed E-state index contributed by atoms with van der Waals surface area (Å²) in [6.45, 7) is 1.91. The number of benzene rings is 1. The molecular formula is C20H17ClFN7O. The molecule has 3 heterocycles. The maximum atomic E-state index is 13.2. The first-order valence-corrected chi connectivity index (χ1v) is 9.90. The smallest absolute Gasteiger partial charge is 0.247 e. The van der Waals surface area contributed by atoms with Crippen molar-refractivity contribution in [2.75, 3.05) is 10.2 Å². The first-order chi connectivity index (χ1) is 14.5. The van der Waals surface area contributed by atoms with Crippen LogP contribution in [0.1, 0.15) is 18.4 Å². The molecule has 1 aliphatic heterocycles. The highest BCUT2D eigenvalue weighted by Gasteiger charge is 2.55. The van der Waals surface area contributed by atoms with Gasteiger partial charge in [-0.3, -0.25) is 4.79 Å². The summed E-state index contributed by atoms with van der Waals surface area (Å²) < 4.78 is 13.2. The lowest BCUT2D eigenvalue weighted by atomic mass is 10.1. The van der Waals surface area contributed by atoms with E-state index >= 15 is 0 Å². The summed E-state index contributed by atoms with van der Waals surface area (Å²) in [4.78, 5) is 27.3. The van der Waals surface area contributed by atoms with Gasteiger partial charge in [-0.25, -0.2) is 19.3 Å². The number of hydrogen-bond donors (Lipinski definition) is 1. The Morgan fingerprint density at radius 2 is 1.97 bits per heavy atom. The average Bonchev–Trinajstić information content (AvgIpc) is 3.41. The third kappa shape index (κ3) is 3.45. The maximum absolute atomic E-state index is 13.2. The van der Waals surface area contributed by atoms with Crippen LogP contribution in [0.4, 0.5) is 16.0 Å². The zero-order valence-electron chi connectivity index (χ0n) is 16.0. The molecule has 1 amide bonds. The first kappa shape index (κ1) is 18.8. The topological polar surface area (TPSA) is 96.8 Å².